The van der Waals surface area contributed by atoms with Gasteiger partial charge in [0.05, 0.1) is 16.8 Å². The second-order valence-corrected chi connectivity index (χ2v) is 8.17. The predicted octanol–water partition coefficient (Wildman–Crippen LogP) is 2.71. The summed E-state index contributed by atoms with van der Waals surface area (Å²) in [5.41, 5.74) is 3.77. The van der Waals surface area contributed by atoms with Crippen LogP contribution >= 0.6 is 0 Å². The van der Waals surface area contributed by atoms with E-state index in [9.17, 15) is 13.2 Å². The number of pyridine rings is 1. The third-order valence-electron chi connectivity index (χ3n) is 4.32. The fourth-order valence-corrected chi connectivity index (χ4v) is 4.34. The number of amides is 1. The van der Waals surface area contributed by atoms with Gasteiger partial charge in [0.2, 0.25) is 0 Å². The van der Waals surface area contributed by atoms with Gasteiger partial charge in [0.15, 0.2) is 0 Å². The number of hydrogen-bond donors (Lipinski definition) is 1. The molecule has 0 radical (unpaired) electrons. The van der Waals surface area contributed by atoms with E-state index in [-0.39, 0.29) is 11.4 Å². The molecule has 0 saturated heterocycles. The molecule has 3 rings (SSSR count). The zero-order valence-corrected chi connectivity index (χ0v) is 15.7. The zero-order chi connectivity index (χ0) is 19.1. The van der Waals surface area contributed by atoms with Crippen LogP contribution in [0, 0.1) is 0 Å². The Kier molecular flexibility index (Phi) is 6.18. The molecule has 1 aromatic carbocycles. The number of nitrogens with zero attached hydrogens (tertiary/aromatic N) is 3. The predicted molar refractivity (Wildman–Crippen MR) is 104 cm³/mol. The number of hydrazone groups is 1. The number of carbonyl (C=O) groups is 1. The van der Waals surface area contributed by atoms with E-state index < -0.39 is 15.9 Å². The first-order valence-electron chi connectivity index (χ1n) is 8.89. The van der Waals surface area contributed by atoms with Gasteiger partial charge < -0.3 is 0 Å². The lowest BCUT2D eigenvalue weighted by Crippen LogP contribution is -2.39. The molecule has 1 saturated carbocycles. The van der Waals surface area contributed by atoms with Crippen LogP contribution < -0.4 is 9.73 Å². The van der Waals surface area contributed by atoms with Crippen LogP contribution in [0.5, 0.6) is 0 Å². The standard InChI is InChI=1S/C19H22N4O3S/c24-19(22-21-16-8-3-1-4-9-16)15-23(17-10-7-13-20-14-17)27(25,26)18-11-5-2-6-12-18/h2,5-7,10-14H,1,3-4,8-9,15H2,(H,22,24). The van der Waals surface area contributed by atoms with Crippen molar-refractivity contribution in [2.45, 2.75) is 37.0 Å². The van der Waals surface area contributed by atoms with Crippen LogP contribution in [0.4, 0.5) is 5.69 Å². The lowest BCUT2D eigenvalue weighted by Gasteiger charge is -2.23. The normalized spacial score (nSPS) is 14.4. The van der Waals surface area contributed by atoms with Crippen LogP contribution in [0.1, 0.15) is 32.1 Å². The molecule has 1 amide bonds. The molecule has 1 aliphatic rings. The van der Waals surface area contributed by atoms with E-state index in [2.05, 4.69) is 15.5 Å². The molecule has 0 spiro atoms. The van der Waals surface area contributed by atoms with E-state index in [0.717, 1.165) is 35.7 Å². The Bertz CT molecular complexity index is 891. The average molecular weight is 386 g/mol. The minimum atomic E-state index is -3.91. The SMILES string of the molecule is O=C(CN(c1cccnc1)S(=O)(=O)c1ccccc1)NN=C1CCCCC1. The van der Waals surface area contributed by atoms with Crippen molar-refractivity contribution in [1.82, 2.24) is 10.4 Å². The number of anilines is 1. The molecule has 0 atom stereocenters. The number of hydrogen-bond acceptors (Lipinski definition) is 5. The van der Waals surface area contributed by atoms with Gasteiger partial charge in [-0.1, -0.05) is 24.6 Å². The highest BCUT2D eigenvalue weighted by Crippen LogP contribution is 2.22. The first-order chi connectivity index (χ1) is 13.1. The van der Waals surface area contributed by atoms with E-state index in [1.165, 1.54) is 24.8 Å². The molecule has 0 aliphatic heterocycles. The molecule has 1 aromatic heterocycles. The maximum Gasteiger partial charge on any atom is 0.264 e. The summed E-state index contributed by atoms with van der Waals surface area (Å²) >= 11 is 0. The van der Waals surface area contributed by atoms with Gasteiger partial charge in [0.1, 0.15) is 6.54 Å². The molecule has 1 aliphatic carbocycles. The summed E-state index contributed by atoms with van der Waals surface area (Å²) in [5, 5.41) is 4.16. The largest absolute Gasteiger partial charge is 0.271 e. The Morgan fingerprint density at radius 3 is 2.48 bits per heavy atom. The molecule has 8 heteroatoms. The Morgan fingerprint density at radius 2 is 1.81 bits per heavy atom. The Balaban J connectivity index is 1.82. The maximum atomic E-state index is 13.1. The average Bonchev–Trinajstić information content (AvgIpc) is 2.72. The van der Waals surface area contributed by atoms with Gasteiger partial charge in [-0.3, -0.25) is 14.1 Å². The first-order valence-corrected chi connectivity index (χ1v) is 10.3. The molecule has 0 bridgehead atoms. The summed E-state index contributed by atoms with van der Waals surface area (Å²) in [6.07, 6.45) is 8.02. The molecular weight excluding hydrogens is 364 g/mol. The third kappa shape index (κ3) is 4.91. The molecule has 27 heavy (non-hydrogen) atoms. The van der Waals surface area contributed by atoms with Crippen LogP contribution in [0.2, 0.25) is 0 Å². The second-order valence-electron chi connectivity index (χ2n) is 6.31. The highest BCUT2D eigenvalue weighted by molar-refractivity contribution is 7.92. The van der Waals surface area contributed by atoms with Crippen molar-refractivity contribution in [3.63, 3.8) is 0 Å². The van der Waals surface area contributed by atoms with E-state index in [1.54, 1.807) is 36.5 Å². The monoisotopic (exact) mass is 386 g/mol. The number of aromatic nitrogens is 1. The summed E-state index contributed by atoms with van der Waals surface area (Å²) in [7, 11) is -3.91. The van der Waals surface area contributed by atoms with Crippen molar-refractivity contribution in [2.24, 2.45) is 5.10 Å². The van der Waals surface area contributed by atoms with Crippen molar-refractivity contribution >= 4 is 27.3 Å². The van der Waals surface area contributed by atoms with Gasteiger partial charge >= 0.3 is 0 Å². The smallest absolute Gasteiger partial charge is 0.264 e. The summed E-state index contributed by atoms with van der Waals surface area (Å²) in [4.78, 5) is 16.5. The van der Waals surface area contributed by atoms with E-state index in [0.29, 0.717) is 5.69 Å². The zero-order valence-electron chi connectivity index (χ0n) is 14.9. The minimum Gasteiger partial charge on any atom is -0.271 e. The van der Waals surface area contributed by atoms with Gasteiger partial charge in [-0.2, -0.15) is 5.10 Å². The lowest BCUT2D eigenvalue weighted by atomic mass is 9.99. The van der Waals surface area contributed by atoms with Crippen molar-refractivity contribution in [1.29, 1.82) is 0 Å². The van der Waals surface area contributed by atoms with Crippen LogP contribution in [-0.4, -0.2) is 31.6 Å². The van der Waals surface area contributed by atoms with Gasteiger partial charge in [-0.25, -0.2) is 13.8 Å². The van der Waals surface area contributed by atoms with Crippen LogP contribution in [0.3, 0.4) is 0 Å². The van der Waals surface area contributed by atoms with Crippen LogP contribution in [-0.2, 0) is 14.8 Å². The quantitative estimate of drug-likeness (QED) is 0.773. The highest BCUT2D eigenvalue weighted by Gasteiger charge is 2.27. The van der Waals surface area contributed by atoms with Crippen molar-refractivity contribution in [3.05, 3.63) is 54.9 Å². The first kappa shape index (κ1) is 19.0. The van der Waals surface area contributed by atoms with E-state index in [4.69, 9.17) is 0 Å². The number of rotatable bonds is 6. The summed E-state index contributed by atoms with van der Waals surface area (Å²) < 4.78 is 27.2. The molecule has 7 nitrogen and oxygen atoms in total. The topological polar surface area (TPSA) is 91.7 Å². The minimum absolute atomic E-state index is 0.111. The number of sulfonamides is 1. The molecule has 1 N–H and O–H groups in total. The molecule has 1 fully saturated rings. The number of benzene rings is 1. The van der Waals surface area contributed by atoms with Crippen molar-refractivity contribution in [3.8, 4) is 0 Å². The molecular formula is C19H22N4O3S. The Labute approximate surface area is 159 Å². The molecule has 2 aromatic rings. The maximum absolute atomic E-state index is 13.1. The van der Waals surface area contributed by atoms with Crippen LogP contribution in [0.15, 0.2) is 64.9 Å². The fraction of sp³-hybridized carbons (Fsp3) is 0.316. The Hall–Kier alpha value is -2.74. The Morgan fingerprint density at radius 1 is 1.07 bits per heavy atom. The highest BCUT2D eigenvalue weighted by atomic mass is 32.2. The van der Waals surface area contributed by atoms with Gasteiger partial charge in [-0.15, -0.1) is 0 Å². The fourth-order valence-electron chi connectivity index (χ4n) is 2.91. The number of carbonyl (C=O) groups excluding carboxylic acids is 1. The second kappa shape index (κ2) is 8.77. The summed E-state index contributed by atoms with van der Waals surface area (Å²) in [6.45, 7) is -0.375. The van der Waals surface area contributed by atoms with Gasteiger partial charge in [0, 0.05) is 11.9 Å². The summed E-state index contributed by atoms with van der Waals surface area (Å²) in [5.74, 6) is -0.489. The van der Waals surface area contributed by atoms with Gasteiger partial charge in [-0.05, 0) is 49.9 Å². The molecule has 0 unspecified atom stereocenters. The number of nitrogens with one attached hydrogen (secondary N) is 1. The lowest BCUT2D eigenvalue weighted by molar-refractivity contribution is -0.119. The van der Waals surface area contributed by atoms with E-state index >= 15 is 0 Å². The van der Waals surface area contributed by atoms with Crippen molar-refractivity contribution in [2.75, 3.05) is 10.8 Å². The van der Waals surface area contributed by atoms with Crippen molar-refractivity contribution < 1.29 is 13.2 Å². The summed E-state index contributed by atoms with van der Waals surface area (Å²) in [6, 6.07) is 11.3. The van der Waals surface area contributed by atoms with Gasteiger partial charge in [0.25, 0.3) is 15.9 Å². The molecule has 142 valence electrons. The van der Waals surface area contributed by atoms with Crippen LogP contribution in [0.25, 0.3) is 0 Å². The molecule has 1 heterocycles. The third-order valence-corrected chi connectivity index (χ3v) is 6.11. The van der Waals surface area contributed by atoms with E-state index in [1.807, 2.05) is 0 Å².